The van der Waals surface area contributed by atoms with Gasteiger partial charge in [0.15, 0.2) is 12.2 Å². The zero-order chi connectivity index (χ0) is 7.52. The van der Waals surface area contributed by atoms with Gasteiger partial charge in [0.05, 0.1) is 12.4 Å². The van der Waals surface area contributed by atoms with Gasteiger partial charge in [0.2, 0.25) is 0 Å². The maximum atomic E-state index is 5.00. The number of hydrogen-bond donors (Lipinski definition) is 0. The summed E-state index contributed by atoms with van der Waals surface area (Å²) >= 11 is 0. The highest BCUT2D eigenvalue weighted by atomic mass is 16.3. The molecule has 2 aromatic rings. The molecule has 4 nitrogen and oxygen atoms in total. The van der Waals surface area contributed by atoms with Crippen LogP contribution in [0.15, 0.2) is 29.4 Å². The number of rotatable bonds is 1. The molecule has 0 aliphatic heterocycles. The normalized spacial score (nSPS) is 9.82. The molecule has 11 heavy (non-hydrogen) atoms. The van der Waals surface area contributed by atoms with Crippen LogP contribution in [0.4, 0.5) is 0 Å². The van der Waals surface area contributed by atoms with E-state index in [0.717, 1.165) is 0 Å². The lowest BCUT2D eigenvalue weighted by molar-refractivity contribution is 0.569. The van der Waals surface area contributed by atoms with E-state index < -0.39 is 0 Å². The molecule has 0 unspecified atom stereocenters. The molecule has 0 spiro atoms. The predicted molar refractivity (Wildman–Crippen MR) is 36.4 cm³/mol. The average molecular weight is 146 g/mol. The zero-order valence-corrected chi connectivity index (χ0v) is 5.56. The Bertz CT molecular complexity index is 317. The molecule has 1 radical (unpaired) electrons. The van der Waals surface area contributed by atoms with E-state index in [9.17, 15) is 0 Å². The van der Waals surface area contributed by atoms with Gasteiger partial charge in [0, 0.05) is 0 Å². The largest absolute Gasteiger partial charge is 0.442 e. The molecule has 0 aliphatic rings. The van der Waals surface area contributed by atoms with E-state index in [1.54, 1.807) is 12.3 Å². The molecule has 53 valence electrons. The summed E-state index contributed by atoms with van der Waals surface area (Å²) in [7, 11) is 0. The minimum absolute atomic E-state index is 0.628. The Hall–Kier alpha value is -1.71. The smallest absolute Gasteiger partial charge is 0.181 e. The number of nitrogens with zero attached hydrogens (tertiary/aromatic N) is 3. The maximum absolute atomic E-state index is 5.00. The SMILES string of the molecule is [c]1cc(-c2cnco2)ncn1. The summed E-state index contributed by atoms with van der Waals surface area (Å²) < 4.78 is 5.00. The summed E-state index contributed by atoms with van der Waals surface area (Å²) in [6, 6.07) is 1.64. The molecule has 0 saturated heterocycles. The van der Waals surface area contributed by atoms with Crippen LogP contribution in [-0.4, -0.2) is 15.0 Å². The molecule has 0 fully saturated rings. The summed E-state index contributed by atoms with van der Waals surface area (Å²) in [6.07, 6.45) is 7.02. The van der Waals surface area contributed by atoms with Crippen LogP contribution in [0, 0.1) is 6.20 Å². The van der Waals surface area contributed by atoms with Crippen molar-refractivity contribution in [1.29, 1.82) is 0 Å². The Labute approximate surface area is 62.9 Å². The summed E-state index contributed by atoms with van der Waals surface area (Å²) in [5.74, 6) is 0.628. The van der Waals surface area contributed by atoms with E-state index in [1.165, 1.54) is 12.7 Å². The van der Waals surface area contributed by atoms with Crippen molar-refractivity contribution in [1.82, 2.24) is 15.0 Å². The standard InChI is InChI=1S/C7H4N3O/c1-2-8-4-10-6(1)7-3-9-5-11-7/h1,3-5H. The van der Waals surface area contributed by atoms with Gasteiger partial charge in [-0.3, -0.25) is 0 Å². The summed E-state index contributed by atoms with van der Waals surface area (Å²) in [5.41, 5.74) is 0.692. The Morgan fingerprint density at radius 3 is 3.09 bits per heavy atom. The van der Waals surface area contributed by atoms with Crippen LogP contribution < -0.4 is 0 Å². The second kappa shape index (κ2) is 2.49. The highest BCUT2D eigenvalue weighted by molar-refractivity contribution is 5.48. The minimum atomic E-state index is 0.628. The van der Waals surface area contributed by atoms with Crippen LogP contribution in [0.5, 0.6) is 0 Å². The molecule has 2 rings (SSSR count). The van der Waals surface area contributed by atoms with Crippen molar-refractivity contribution in [2.75, 3.05) is 0 Å². The van der Waals surface area contributed by atoms with Crippen LogP contribution in [0.3, 0.4) is 0 Å². The van der Waals surface area contributed by atoms with Gasteiger partial charge in [-0.25, -0.2) is 15.0 Å². The fraction of sp³-hybridized carbons (Fsp3) is 0. The molecule has 0 bridgehead atoms. The molecule has 0 amide bonds. The van der Waals surface area contributed by atoms with E-state index in [2.05, 4.69) is 21.1 Å². The first-order valence-corrected chi connectivity index (χ1v) is 3.04. The van der Waals surface area contributed by atoms with Crippen LogP contribution in [0.2, 0.25) is 0 Å². The lowest BCUT2D eigenvalue weighted by Gasteiger charge is -1.89. The molecular formula is C7H4N3O. The minimum Gasteiger partial charge on any atom is -0.442 e. The monoisotopic (exact) mass is 146 g/mol. The highest BCUT2D eigenvalue weighted by Crippen LogP contribution is 2.12. The van der Waals surface area contributed by atoms with Crippen LogP contribution in [0.25, 0.3) is 11.5 Å². The van der Waals surface area contributed by atoms with Gasteiger partial charge < -0.3 is 4.42 Å². The summed E-state index contributed by atoms with van der Waals surface area (Å²) in [6.45, 7) is 0. The molecule has 2 heterocycles. The second-order valence-electron chi connectivity index (χ2n) is 1.90. The van der Waals surface area contributed by atoms with Crippen molar-refractivity contribution >= 4 is 0 Å². The third kappa shape index (κ3) is 1.10. The fourth-order valence-corrected chi connectivity index (χ4v) is 0.737. The first kappa shape index (κ1) is 6.03. The lowest BCUT2D eigenvalue weighted by Crippen LogP contribution is -1.80. The number of aromatic nitrogens is 3. The van der Waals surface area contributed by atoms with Crippen LogP contribution >= 0.6 is 0 Å². The van der Waals surface area contributed by atoms with Crippen molar-refractivity contribution in [3.63, 3.8) is 0 Å². The van der Waals surface area contributed by atoms with Gasteiger partial charge >= 0.3 is 0 Å². The quantitative estimate of drug-likeness (QED) is 0.600. The molecule has 0 aromatic carbocycles. The van der Waals surface area contributed by atoms with Gasteiger partial charge in [0.1, 0.15) is 12.0 Å². The van der Waals surface area contributed by atoms with Crippen molar-refractivity contribution in [2.45, 2.75) is 0 Å². The van der Waals surface area contributed by atoms with Crippen molar-refractivity contribution < 1.29 is 4.42 Å². The highest BCUT2D eigenvalue weighted by Gasteiger charge is 1.99. The van der Waals surface area contributed by atoms with E-state index in [-0.39, 0.29) is 0 Å². The number of oxazole rings is 1. The number of hydrogen-bond acceptors (Lipinski definition) is 4. The second-order valence-corrected chi connectivity index (χ2v) is 1.90. The van der Waals surface area contributed by atoms with Gasteiger partial charge in [-0.15, -0.1) is 0 Å². The molecule has 0 saturated carbocycles. The van der Waals surface area contributed by atoms with Crippen molar-refractivity contribution in [3.05, 3.63) is 31.2 Å². The Morgan fingerprint density at radius 2 is 2.45 bits per heavy atom. The zero-order valence-electron chi connectivity index (χ0n) is 5.56. The fourth-order valence-electron chi connectivity index (χ4n) is 0.737. The molecule has 4 heteroatoms. The van der Waals surface area contributed by atoms with Crippen LogP contribution in [0.1, 0.15) is 0 Å². The van der Waals surface area contributed by atoms with E-state index >= 15 is 0 Å². The Kier molecular flexibility index (Phi) is 1.37. The average Bonchev–Trinajstić information content (AvgIpc) is 2.58. The van der Waals surface area contributed by atoms with E-state index in [4.69, 9.17) is 4.42 Å². The topological polar surface area (TPSA) is 51.8 Å². The first-order valence-electron chi connectivity index (χ1n) is 3.04. The lowest BCUT2D eigenvalue weighted by atomic mass is 10.3. The molecular weight excluding hydrogens is 142 g/mol. The maximum Gasteiger partial charge on any atom is 0.181 e. The van der Waals surface area contributed by atoms with Gasteiger partial charge in [-0.2, -0.15) is 0 Å². The Morgan fingerprint density at radius 1 is 1.45 bits per heavy atom. The third-order valence-electron chi connectivity index (χ3n) is 1.22. The first-order chi connectivity index (χ1) is 5.47. The van der Waals surface area contributed by atoms with Crippen LogP contribution in [-0.2, 0) is 0 Å². The van der Waals surface area contributed by atoms with Gasteiger partial charge in [-0.05, 0) is 6.07 Å². The molecule has 0 N–H and O–H groups in total. The van der Waals surface area contributed by atoms with E-state index in [0.29, 0.717) is 11.5 Å². The van der Waals surface area contributed by atoms with Gasteiger partial charge in [-0.1, -0.05) is 0 Å². The van der Waals surface area contributed by atoms with Crippen molar-refractivity contribution in [3.8, 4) is 11.5 Å². The summed E-state index contributed by atoms with van der Waals surface area (Å²) in [4.78, 5) is 11.4. The molecule has 0 atom stereocenters. The Balaban J connectivity index is 2.46. The van der Waals surface area contributed by atoms with E-state index in [1.807, 2.05) is 0 Å². The molecule has 0 aliphatic carbocycles. The molecule has 2 aromatic heterocycles. The van der Waals surface area contributed by atoms with Gasteiger partial charge in [0.25, 0.3) is 0 Å². The van der Waals surface area contributed by atoms with Crippen molar-refractivity contribution in [2.24, 2.45) is 0 Å². The summed E-state index contributed by atoms with van der Waals surface area (Å²) in [5, 5.41) is 0. The third-order valence-corrected chi connectivity index (χ3v) is 1.22. The predicted octanol–water partition coefficient (Wildman–Crippen LogP) is 0.932.